The van der Waals surface area contributed by atoms with Gasteiger partial charge in [0.05, 0.1) is 11.4 Å². The number of carbonyl (C=O) groups excluding carboxylic acids is 3. The first-order chi connectivity index (χ1) is 11.3. The van der Waals surface area contributed by atoms with Gasteiger partial charge in [-0.15, -0.1) is 0 Å². The Morgan fingerprint density at radius 2 is 1.96 bits per heavy atom. The van der Waals surface area contributed by atoms with Crippen molar-refractivity contribution in [2.24, 2.45) is 0 Å². The van der Waals surface area contributed by atoms with Crippen LogP contribution in [0.4, 0.5) is 11.6 Å². The largest absolute Gasteiger partial charge is 0.449 e. The second-order valence-corrected chi connectivity index (χ2v) is 5.15. The van der Waals surface area contributed by atoms with Gasteiger partial charge in [0.1, 0.15) is 5.56 Å². The summed E-state index contributed by atoms with van der Waals surface area (Å²) >= 11 is 0. The summed E-state index contributed by atoms with van der Waals surface area (Å²) in [5, 5.41) is 6.11. The number of carbonyl (C=O) groups is 3. The van der Waals surface area contributed by atoms with E-state index in [1.807, 2.05) is 0 Å². The van der Waals surface area contributed by atoms with Gasteiger partial charge in [-0.1, -0.05) is 17.3 Å². The Morgan fingerprint density at radius 1 is 1.29 bits per heavy atom. The number of aryl methyl sites for hydroxylation is 1. The normalized spacial score (nSPS) is 11.6. The molecule has 1 aromatic heterocycles. The molecule has 1 heterocycles. The number of amides is 1. The third-order valence-electron chi connectivity index (χ3n) is 3.31. The minimum Gasteiger partial charge on any atom is -0.449 e. The Kier molecular flexibility index (Phi) is 4.98. The lowest BCUT2D eigenvalue weighted by molar-refractivity contribution is -0.123. The molecule has 8 nitrogen and oxygen atoms in total. The fraction of sp³-hybridized carbons (Fsp3) is 0.250. The predicted molar refractivity (Wildman–Crippen MR) is 85.6 cm³/mol. The number of hydrogen-bond donors (Lipinski definition) is 2. The van der Waals surface area contributed by atoms with Gasteiger partial charge in [0.2, 0.25) is 5.88 Å². The smallest absolute Gasteiger partial charge is 0.346 e. The number of para-hydroxylation sites is 1. The number of nitrogens with zero attached hydrogens (tertiary/aromatic N) is 1. The molecule has 0 bridgehead atoms. The van der Waals surface area contributed by atoms with Crippen molar-refractivity contribution < 1.29 is 23.6 Å². The number of ether oxygens (including phenoxy) is 1. The maximum atomic E-state index is 12.2. The van der Waals surface area contributed by atoms with Crippen molar-refractivity contribution in [2.45, 2.75) is 26.9 Å². The lowest BCUT2D eigenvalue weighted by atomic mass is 10.1. The van der Waals surface area contributed by atoms with E-state index in [1.165, 1.54) is 20.8 Å². The number of hydrogen-bond acceptors (Lipinski definition) is 7. The Balaban J connectivity index is 2.08. The van der Waals surface area contributed by atoms with Gasteiger partial charge in [-0.05, 0) is 32.9 Å². The first-order valence-electron chi connectivity index (χ1n) is 7.14. The van der Waals surface area contributed by atoms with E-state index in [1.54, 1.807) is 24.3 Å². The van der Waals surface area contributed by atoms with Gasteiger partial charge >= 0.3 is 5.97 Å². The number of rotatable bonds is 5. The molecule has 1 aromatic carbocycles. The van der Waals surface area contributed by atoms with Crippen LogP contribution in [-0.2, 0) is 9.53 Å². The quantitative estimate of drug-likeness (QED) is 0.633. The van der Waals surface area contributed by atoms with Crippen molar-refractivity contribution in [3.05, 3.63) is 41.1 Å². The zero-order valence-corrected chi connectivity index (χ0v) is 13.5. The third-order valence-corrected chi connectivity index (χ3v) is 3.31. The Hall–Kier alpha value is -3.16. The zero-order valence-electron chi connectivity index (χ0n) is 13.5. The highest BCUT2D eigenvalue weighted by Crippen LogP contribution is 2.19. The molecule has 3 N–H and O–H groups in total. The molecule has 0 saturated heterocycles. The topological polar surface area (TPSA) is 125 Å². The van der Waals surface area contributed by atoms with Crippen molar-refractivity contribution in [2.75, 3.05) is 11.1 Å². The standard InChI is InChI=1S/C16H17N3O5/c1-8-13(14(17)24-19-8)16(22)23-10(3)15(21)18-12-7-5-4-6-11(12)9(2)20/h4-7,10H,17H2,1-3H3,(H,18,21). The molecular formula is C16H17N3O5. The number of aromatic nitrogens is 1. The molecule has 24 heavy (non-hydrogen) atoms. The molecule has 1 unspecified atom stereocenters. The second-order valence-electron chi connectivity index (χ2n) is 5.15. The van der Waals surface area contributed by atoms with Crippen molar-refractivity contribution in [3.8, 4) is 0 Å². The molecule has 1 amide bonds. The molecule has 0 aliphatic carbocycles. The van der Waals surface area contributed by atoms with Crippen LogP contribution in [0.3, 0.4) is 0 Å². The van der Waals surface area contributed by atoms with E-state index in [0.717, 1.165) is 0 Å². The number of anilines is 2. The summed E-state index contributed by atoms with van der Waals surface area (Å²) < 4.78 is 9.76. The van der Waals surface area contributed by atoms with Crippen molar-refractivity contribution in [1.29, 1.82) is 0 Å². The van der Waals surface area contributed by atoms with Crippen LogP contribution in [-0.4, -0.2) is 28.9 Å². The van der Waals surface area contributed by atoms with Gasteiger partial charge in [0.15, 0.2) is 11.9 Å². The van der Waals surface area contributed by atoms with E-state index < -0.39 is 18.0 Å². The number of benzene rings is 1. The Labute approximate surface area is 137 Å². The fourth-order valence-electron chi connectivity index (χ4n) is 2.04. The zero-order chi connectivity index (χ0) is 17.9. The number of nitrogen functional groups attached to an aromatic ring is 1. The van der Waals surface area contributed by atoms with Crippen molar-refractivity contribution >= 4 is 29.2 Å². The van der Waals surface area contributed by atoms with Crippen LogP contribution in [0.15, 0.2) is 28.8 Å². The molecule has 0 radical (unpaired) electrons. The molecule has 0 spiro atoms. The molecule has 126 valence electrons. The summed E-state index contributed by atoms with van der Waals surface area (Å²) in [6.07, 6.45) is -1.11. The van der Waals surface area contributed by atoms with E-state index in [4.69, 9.17) is 10.5 Å². The van der Waals surface area contributed by atoms with Crippen LogP contribution >= 0.6 is 0 Å². The SMILES string of the molecule is CC(=O)c1ccccc1NC(=O)C(C)OC(=O)c1c(C)noc1N. The van der Waals surface area contributed by atoms with E-state index in [9.17, 15) is 14.4 Å². The molecule has 0 aliphatic heterocycles. The molecule has 8 heteroatoms. The van der Waals surface area contributed by atoms with Gasteiger partial charge in [0.25, 0.3) is 5.91 Å². The highest BCUT2D eigenvalue weighted by Gasteiger charge is 2.25. The lowest BCUT2D eigenvalue weighted by Gasteiger charge is -2.14. The average Bonchev–Trinajstić information content (AvgIpc) is 2.86. The summed E-state index contributed by atoms with van der Waals surface area (Å²) in [4.78, 5) is 35.8. The summed E-state index contributed by atoms with van der Waals surface area (Å²) in [5.41, 5.74) is 6.47. The minimum atomic E-state index is -1.11. The van der Waals surface area contributed by atoms with Gasteiger partial charge in [-0.2, -0.15) is 0 Å². The molecule has 0 aliphatic rings. The van der Waals surface area contributed by atoms with E-state index in [2.05, 4.69) is 15.0 Å². The van der Waals surface area contributed by atoms with Crippen LogP contribution < -0.4 is 11.1 Å². The Morgan fingerprint density at radius 3 is 2.54 bits per heavy atom. The van der Waals surface area contributed by atoms with Gasteiger partial charge < -0.3 is 20.3 Å². The molecule has 1 atom stereocenters. The fourth-order valence-corrected chi connectivity index (χ4v) is 2.04. The summed E-state index contributed by atoms with van der Waals surface area (Å²) in [7, 11) is 0. The highest BCUT2D eigenvalue weighted by molar-refractivity contribution is 6.05. The van der Waals surface area contributed by atoms with Crippen LogP contribution in [0, 0.1) is 6.92 Å². The van der Waals surface area contributed by atoms with Crippen LogP contribution in [0.1, 0.15) is 40.3 Å². The number of ketones is 1. The Bertz CT molecular complexity index is 777. The molecule has 2 aromatic rings. The second kappa shape index (κ2) is 6.95. The van der Waals surface area contributed by atoms with Crippen molar-refractivity contribution in [1.82, 2.24) is 5.16 Å². The van der Waals surface area contributed by atoms with E-state index >= 15 is 0 Å². The van der Waals surface area contributed by atoms with E-state index in [-0.39, 0.29) is 22.9 Å². The number of esters is 1. The lowest BCUT2D eigenvalue weighted by Crippen LogP contribution is -2.30. The molecule has 0 saturated carbocycles. The maximum absolute atomic E-state index is 12.2. The maximum Gasteiger partial charge on any atom is 0.346 e. The number of nitrogens with one attached hydrogen (secondary N) is 1. The van der Waals surface area contributed by atoms with Gasteiger partial charge in [-0.25, -0.2) is 4.79 Å². The summed E-state index contributed by atoms with van der Waals surface area (Å²) in [5.74, 6) is -1.76. The van der Waals surface area contributed by atoms with Crippen LogP contribution in [0.5, 0.6) is 0 Å². The molecular weight excluding hydrogens is 314 g/mol. The van der Waals surface area contributed by atoms with E-state index in [0.29, 0.717) is 11.3 Å². The minimum absolute atomic E-state index is 0.0150. The highest BCUT2D eigenvalue weighted by atomic mass is 16.5. The molecule has 0 fully saturated rings. The first kappa shape index (κ1) is 17.2. The predicted octanol–water partition coefficient (Wildman–Crippen LogP) is 1.95. The van der Waals surface area contributed by atoms with Crippen LogP contribution in [0.25, 0.3) is 0 Å². The van der Waals surface area contributed by atoms with Gasteiger partial charge in [-0.3, -0.25) is 9.59 Å². The first-order valence-corrected chi connectivity index (χ1v) is 7.14. The number of nitrogens with two attached hydrogens (primary N) is 1. The average molecular weight is 331 g/mol. The third kappa shape index (κ3) is 3.60. The number of Topliss-reactive ketones (excluding diaryl/α,β-unsaturated/α-hetero) is 1. The molecule has 2 rings (SSSR count). The summed E-state index contributed by atoms with van der Waals surface area (Å²) in [6.45, 7) is 4.33. The van der Waals surface area contributed by atoms with Gasteiger partial charge in [0, 0.05) is 5.56 Å². The van der Waals surface area contributed by atoms with Crippen molar-refractivity contribution in [3.63, 3.8) is 0 Å². The summed E-state index contributed by atoms with van der Waals surface area (Å²) in [6, 6.07) is 6.55. The van der Waals surface area contributed by atoms with Crippen LogP contribution in [0.2, 0.25) is 0 Å². The monoisotopic (exact) mass is 331 g/mol.